The Kier molecular flexibility index (Phi) is 4.16. The van der Waals surface area contributed by atoms with E-state index in [1.54, 1.807) is 0 Å². The average molecular weight is 297 g/mol. The third-order valence-corrected chi connectivity index (χ3v) is 2.26. The molecule has 0 fully saturated rings. The molecule has 0 bridgehead atoms. The fourth-order valence-corrected chi connectivity index (χ4v) is 1.41. The third-order valence-electron chi connectivity index (χ3n) is 2.26. The predicted octanol–water partition coefficient (Wildman–Crippen LogP) is 3.83. The molecule has 110 valence electrons. The molecule has 0 aromatic heterocycles. The van der Waals surface area contributed by atoms with Gasteiger partial charge in [0.15, 0.2) is 0 Å². The van der Waals surface area contributed by atoms with Crippen molar-refractivity contribution in [2.45, 2.75) is 19.3 Å². The number of amides is 1. The minimum Gasteiger partial charge on any atom is -0.326 e. The number of alkyl halides is 6. The Bertz CT molecular complexity index is 512. The van der Waals surface area contributed by atoms with Gasteiger partial charge in [-0.05, 0) is 23.8 Å². The fraction of sp³-hybridized carbons (Fsp3) is 0.250. The Balaban J connectivity index is 3.38. The summed E-state index contributed by atoms with van der Waals surface area (Å²) >= 11 is 0. The van der Waals surface area contributed by atoms with Crippen molar-refractivity contribution in [3.63, 3.8) is 0 Å². The Morgan fingerprint density at radius 2 is 1.40 bits per heavy atom. The summed E-state index contributed by atoms with van der Waals surface area (Å²) < 4.78 is 75.5. The molecule has 2 nitrogen and oxygen atoms in total. The molecule has 1 aromatic rings. The maximum Gasteiger partial charge on any atom is 0.416 e. The van der Waals surface area contributed by atoms with Crippen LogP contribution in [0.4, 0.5) is 26.3 Å². The molecule has 1 aromatic carbocycles. The lowest BCUT2D eigenvalue weighted by Gasteiger charge is -2.15. The second-order valence-electron chi connectivity index (χ2n) is 3.95. The Labute approximate surface area is 110 Å². The number of carbonyl (C=O) groups excluding carboxylic acids is 1. The number of halogens is 6. The van der Waals surface area contributed by atoms with Crippen LogP contribution in [-0.2, 0) is 17.1 Å². The molecular formula is C12H9F6NO. The number of nitrogens with one attached hydrogen (secondary N) is 1. The van der Waals surface area contributed by atoms with Crippen LogP contribution in [0.25, 0.3) is 5.70 Å². The molecule has 1 N–H and O–H groups in total. The highest BCUT2D eigenvalue weighted by Crippen LogP contribution is 2.37. The molecule has 0 heterocycles. The number of hydrogen-bond donors (Lipinski definition) is 1. The van der Waals surface area contributed by atoms with Crippen LogP contribution in [-0.4, -0.2) is 5.91 Å². The largest absolute Gasteiger partial charge is 0.416 e. The van der Waals surface area contributed by atoms with Crippen molar-refractivity contribution in [1.82, 2.24) is 5.32 Å². The number of hydrogen-bond acceptors (Lipinski definition) is 1. The molecule has 0 aliphatic carbocycles. The molecule has 0 saturated heterocycles. The first-order valence-electron chi connectivity index (χ1n) is 5.17. The van der Waals surface area contributed by atoms with Crippen LogP contribution < -0.4 is 5.32 Å². The summed E-state index contributed by atoms with van der Waals surface area (Å²) in [4.78, 5) is 10.8. The Morgan fingerprint density at radius 1 is 1.00 bits per heavy atom. The van der Waals surface area contributed by atoms with Crippen LogP contribution in [0, 0.1) is 0 Å². The zero-order valence-electron chi connectivity index (χ0n) is 10.1. The van der Waals surface area contributed by atoms with E-state index in [2.05, 4.69) is 6.58 Å². The molecule has 1 amide bonds. The summed E-state index contributed by atoms with van der Waals surface area (Å²) in [5.74, 6) is -0.652. The lowest BCUT2D eigenvalue weighted by atomic mass is 10.0. The first-order valence-corrected chi connectivity index (χ1v) is 5.17. The molecule has 0 spiro atoms. The van der Waals surface area contributed by atoms with Crippen LogP contribution in [0.5, 0.6) is 0 Å². The standard InChI is InChI=1S/C12H9F6NO/c1-6(19-7(2)20)8-3-9(11(13,14)15)5-10(4-8)12(16,17)18/h3-5H,1H2,2H3,(H,19,20). The van der Waals surface area contributed by atoms with E-state index in [4.69, 9.17) is 0 Å². The summed E-state index contributed by atoms with van der Waals surface area (Å²) in [6, 6.07) is 0.992. The SMILES string of the molecule is C=C(NC(C)=O)c1cc(C(F)(F)F)cc(C(F)(F)F)c1. The lowest BCUT2D eigenvalue weighted by Crippen LogP contribution is -2.19. The normalized spacial score (nSPS) is 12.2. The van der Waals surface area contributed by atoms with E-state index in [0.717, 1.165) is 6.92 Å². The molecular weight excluding hydrogens is 288 g/mol. The molecule has 0 aliphatic heterocycles. The maximum atomic E-state index is 12.6. The van der Waals surface area contributed by atoms with Gasteiger partial charge in [0.05, 0.1) is 11.1 Å². The summed E-state index contributed by atoms with van der Waals surface area (Å²) in [6.07, 6.45) is -9.88. The van der Waals surface area contributed by atoms with Gasteiger partial charge in [0.1, 0.15) is 0 Å². The number of benzene rings is 1. The topological polar surface area (TPSA) is 29.1 Å². The van der Waals surface area contributed by atoms with Gasteiger partial charge in [-0.2, -0.15) is 26.3 Å². The van der Waals surface area contributed by atoms with Crippen molar-refractivity contribution in [3.8, 4) is 0 Å². The van der Waals surface area contributed by atoms with Gasteiger partial charge < -0.3 is 5.32 Å². The molecule has 8 heteroatoms. The van der Waals surface area contributed by atoms with Gasteiger partial charge in [0.2, 0.25) is 5.91 Å². The van der Waals surface area contributed by atoms with Crippen molar-refractivity contribution >= 4 is 11.6 Å². The maximum absolute atomic E-state index is 12.6. The van der Waals surface area contributed by atoms with Crippen molar-refractivity contribution in [2.75, 3.05) is 0 Å². The van der Waals surface area contributed by atoms with Gasteiger partial charge >= 0.3 is 12.4 Å². The van der Waals surface area contributed by atoms with E-state index in [9.17, 15) is 31.1 Å². The van der Waals surface area contributed by atoms with Gasteiger partial charge in [0.25, 0.3) is 0 Å². The summed E-state index contributed by atoms with van der Waals surface area (Å²) in [5, 5.41) is 2.05. The third kappa shape index (κ3) is 4.01. The van der Waals surface area contributed by atoms with Gasteiger partial charge in [-0.25, -0.2) is 0 Å². The summed E-state index contributed by atoms with van der Waals surface area (Å²) in [5.41, 5.74) is -3.72. The van der Waals surface area contributed by atoms with Gasteiger partial charge in [-0.1, -0.05) is 6.58 Å². The smallest absolute Gasteiger partial charge is 0.326 e. The van der Waals surface area contributed by atoms with E-state index >= 15 is 0 Å². The van der Waals surface area contributed by atoms with Gasteiger partial charge in [-0.15, -0.1) is 0 Å². The quantitative estimate of drug-likeness (QED) is 0.826. The molecule has 0 atom stereocenters. The van der Waals surface area contributed by atoms with E-state index < -0.39 is 35.0 Å². The predicted molar refractivity (Wildman–Crippen MR) is 59.3 cm³/mol. The van der Waals surface area contributed by atoms with Crippen molar-refractivity contribution < 1.29 is 31.1 Å². The van der Waals surface area contributed by atoms with E-state index in [0.29, 0.717) is 12.1 Å². The molecule has 1 rings (SSSR count). The minimum absolute atomic E-state index is 0.00451. The van der Waals surface area contributed by atoms with Crippen LogP contribution in [0.2, 0.25) is 0 Å². The molecule has 0 radical (unpaired) electrons. The van der Waals surface area contributed by atoms with E-state index in [-0.39, 0.29) is 11.8 Å². The van der Waals surface area contributed by atoms with E-state index in [1.807, 2.05) is 5.32 Å². The van der Waals surface area contributed by atoms with Crippen LogP contribution in [0.1, 0.15) is 23.6 Å². The highest BCUT2D eigenvalue weighted by atomic mass is 19.4. The van der Waals surface area contributed by atoms with E-state index in [1.165, 1.54) is 0 Å². The lowest BCUT2D eigenvalue weighted by molar-refractivity contribution is -0.143. The molecule has 0 aliphatic rings. The second kappa shape index (κ2) is 5.18. The summed E-state index contributed by atoms with van der Waals surface area (Å²) in [7, 11) is 0. The minimum atomic E-state index is -4.94. The van der Waals surface area contributed by atoms with Crippen molar-refractivity contribution in [3.05, 3.63) is 41.5 Å². The zero-order chi connectivity index (χ0) is 15.7. The first kappa shape index (κ1) is 16.1. The highest BCUT2D eigenvalue weighted by molar-refractivity contribution is 5.84. The number of carbonyl (C=O) groups is 1. The van der Waals surface area contributed by atoms with Crippen molar-refractivity contribution in [2.24, 2.45) is 0 Å². The van der Waals surface area contributed by atoms with Crippen molar-refractivity contribution in [1.29, 1.82) is 0 Å². The second-order valence-corrected chi connectivity index (χ2v) is 3.95. The fourth-order valence-electron chi connectivity index (χ4n) is 1.41. The van der Waals surface area contributed by atoms with Gasteiger partial charge in [-0.3, -0.25) is 4.79 Å². The zero-order valence-corrected chi connectivity index (χ0v) is 10.1. The van der Waals surface area contributed by atoms with Crippen LogP contribution >= 0.6 is 0 Å². The molecule has 0 saturated carbocycles. The molecule has 0 unspecified atom stereocenters. The van der Waals surface area contributed by atoms with Crippen LogP contribution in [0.15, 0.2) is 24.8 Å². The monoisotopic (exact) mass is 297 g/mol. The Hall–Kier alpha value is -1.99. The molecule has 20 heavy (non-hydrogen) atoms. The highest BCUT2D eigenvalue weighted by Gasteiger charge is 2.37. The van der Waals surface area contributed by atoms with Crippen LogP contribution in [0.3, 0.4) is 0 Å². The van der Waals surface area contributed by atoms with Gasteiger partial charge in [0, 0.05) is 12.6 Å². The number of rotatable bonds is 2. The Morgan fingerprint density at radius 3 is 1.70 bits per heavy atom. The average Bonchev–Trinajstić information content (AvgIpc) is 2.25. The summed E-state index contributed by atoms with van der Waals surface area (Å²) in [6.45, 7) is 4.30. The first-order chi connectivity index (χ1) is 8.91.